The van der Waals surface area contributed by atoms with Crippen LogP contribution < -0.4 is 10.9 Å². The SMILES string of the molecule is CCCCc1cc(=O)oc2c(CNc3cc(C)ccc3C)c(O)ccc12. The first kappa shape index (κ1) is 18.1. The van der Waals surface area contributed by atoms with Crippen molar-refractivity contribution in [2.75, 3.05) is 5.32 Å². The molecule has 0 aliphatic heterocycles. The van der Waals surface area contributed by atoms with Crippen molar-refractivity contribution < 1.29 is 9.52 Å². The lowest BCUT2D eigenvalue weighted by Gasteiger charge is -2.14. The molecule has 0 saturated carbocycles. The predicted molar refractivity (Wildman–Crippen MR) is 106 cm³/mol. The molecule has 0 atom stereocenters. The Balaban J connectivity index is 2.02. The summed E-state index contributed by atoms with van der Waals surface area (Å²) in [5.74, 6) is 0.131. The number of anilines is 1. The van der Waals surface area contributed by atoms with Gasteiger partial charge in [-0.05, 0) is 61.6 Å². The Labute approximate surface area is 153 Å². The van der Waals surface area contributed by atoms with E-state index in [1.165, 1.54) is 0 Å². The van der Waals surface area contributed by atoms with Crippen molar-refractivity contribution in [1.29, 1.82) is 0 Å². The van der Waals surface area contributed by atoms with Gasteiger partial charge in [0.05, 0.1) is 5.56 Å². The minimum absolute atomic E-state index is 0.131. The third kappa shape index (κ3) is 3.74. The van der Waals surface area contributed by atoms with Gasteiger partial charge in [0.25, 0.3) is 0 Å². The van der Waals surface area contributed by atoms with E-state index in [9.17, 15) is 9.90 Å². The smallest absolute Gasteiger partial charge is 0.336 e. The number of phenols is 1. The largest absolute Gasteiger partial charge is 0.507 e. The van der Waals surface area contributed by atoms with Gasteiger partial charge in [-0.2, -0.15) is 0 Å². The molecule has 1 aromatic heterocycles. The van der Waals surface area contributed by atoms with Crippen LogP contribution in [0, 0.1) is 13.8 Å². The van der Waals surface area contributed by atoms with Crippen LogP contribution in [-0.2, 0) is 13.0 Å². The Hall–Kier alpha value is -2.75. The molecule has 0 fully saturated rings. The summed E-state index contributed by atoms with van der Waals surface area (Å²) in [4.78, 5) is 12.0. The van der Waals surface area contributed by atoms with E-state index in [1.54, 1.807) is 12.1 Å². The molecule has 2 N–H and O–H groups in total. The van der Waals surface area contributed by atoms with Gasteiger partial charge in [0, 0.05) is 23.7 Å². The number of aromatic hydroxyl groups is 1. The Morgan fingerprint density at radius 2 is 1.92 bits per heavy atom. The van der Waals surface area contributed by atoms with Crippen LogP contribution in [0.15, 0.2) is 45.6 Å². The van der Waals surface area contributed by atoms with Crippen molar-refractivity contribution in [3.63, 3.8) is 0 Å². The number of nitrogens with one attached hydrogen (secondary N) is 1. The lowest BCUT2D eigenvalue weighted by molar-refractivity contribution is 0.466. The number of phenolic OH excluding ortho intramolecular Hbond substituents is 1. The van der Waals surface area contributed by atoms with Crippen molar-refractivity contribution in [2.24, 2.45) is 0 Å². The monoisotopic (exact) mass is 351 g/mol. The van der Waals surface area contributed by atoms with E-state index in [0.717, 1.165) is 47.0 Å². The Kier molecular flexibility index (Phi) is 5.31. The van der Waals surface area contributed by atoms with Gasteiger partial charge in [-0.3, -0.25) is 0 Å². The zero-order chi connectivity index (χ0) is 18.7. The quantitative estimate of drug-likeness (QED) is 0.609. The molecule has 1 heterocycles. The first-order valence-corrected chi connectivity index (χ1v) is 9.08. The molecule has 0 saturated heterocycles. The molecule has 0 amide bonds. The predicted octanol–water partition coefficient (Wildman–Crippen LogP) is 5.07. The van der Waals surface area contributed by atoms with Gasteiger partial charge in [0.15, 0.2) is 0 Å². The second kappa shape index (κ2) is 7.65. The normalized spacial score (nSPS) is 11.0. The van der Waals surface area contributed by atoms with Crippen LogP contribution in [0.5, 0.6) is 5.75 Å². The topological polar surface area (TPSA) is 62.5 Å². The average molecular weight is 351 g/mol. The minimum Gasteiger partial charge on any atom is -0.507 e. The van der Waals surface area contributed by atoms with E-state index in [0.29, 0.717) is 17.7 Å². The summed E-state index contributed by atoms with van der Waals surface area (Å²) in [5.41, 5.74) is 4.98. The molecular weight excluding hydrogens is 326 g/mol. The second-order valence-electron chi connectivity index (χ2n) is 6.81. The van der Waals surface area contributed by atoms with Gasteiger partial charge >= 0.3 is 5.63 Å². The maximum atomic E-state index is 12.0. The molecule has 0 aliphatic carbocycles. The Morgan fingerprint density at radius 1 is 1.12 bits per heavy atom. The molecule has 2 aromatic carbocycles. The second-order valence-corrected chi connectivity index (χ2v) is 6.81. The number of hydrogen-bond donors (Lipinski definition) is 2. The van der Waals surface area contributed by atoms with Crippen molar-refractivity contribution in [3.05, 3.63) is 69.1 Å². The summed E-state index contributed by atoms with van der Waals surface area (Å²) in [6.45, 7) is 6.58. The van der Waals surface area contributed by atoms with Gasteiger partial charge in [0.1, 0.15) is 11.3 Å². The lowest BCUT2D eigenvalue weighted by atomic mass is 10.0. The zero-order valence-corrected chi connectivity index (χ0v) is 15.6. The van der Waals surface area contributed by atoms with Crippen LogP contribution in [0.25, 0.3) is 11.0 Å². The van der Waals surface area contributed by atoms with Crippen molar-refractivity contribution in [1.82, 2.24) is 0 Å². The summed E-state index contributed by atoms with van der Waals surface area (Å²) in [6.07, 6.45) is 2.89. The third-order valence-corrected chi connectivity index (χ3v) is 4.72. The van der Waals surface area contributed by atoms with Crippen molar-refractivity contribution in [2.45, 2.75) is 46.6 Å². The molecule has 4 nitrogen and oxygen atoms in total. The molecule has 0 bridgehead atoms. The third-order valence-electron chi connectivity index (χ3n) is 4.72. The first-order chi connectivity index (χ1) is 12.5. The van der Waals surface area contributed by atoms with Crippen LogP contribution >= 0.6 is 0 Å². The Morgan fingerprint density at radius 3 is 2.69 bits per heavy atom. The van der Waals surface area contributed by atoms with Gasteiger partial charge in [0.2, 0.25) is 0 Å². The highest BCUT2D eigenvalue weighted by atomic mass is 16.4. The van der Waals surface area contributed by atoms with Gasteiger partial charge in [-0.15, -0.1) is 0 Å². The van der Waals surface area contributed by atoms with E-state index in [4.69, 9.17) is 4.42 Å². The average Bonchev–Trinajstić information content (AvgIpc) is 2.61. The van der Waals surface area contributed by atoms with Gasteiger partial charge in [-0.1, -0.05) is 25.5 Å². The van der Waals surface area contributed by atoms with Crippen LogP contribution in [-0.4, -0.2) is 5.11 Å². The minimum atomic E-state index is -0.373. The van der Waals surface area contributed by atoms with Crippen molar-refractivity contribution in [3.8, 4) is 5.75 Å². The fourth-order valence-electron chi connectivity index (χ4n) is 3.19. The van der Waals surface area contributed by atoms with E-state index in [1.807, 2.05) is 19.9 Å². The fraction of sp³-hybridized carbons (Fsp3) is 0.318. The highest BCUT2D eigenvalue weighted by Gasteiger charge is 2.14. The highest BCUT2D eigenvalue weighted by Crippen LogP contribution is 2.30. The summed E-state index contributed by atoms with van der Waals surface area (Å²) in [6, 6.07) is 11.3. The molecule has 3 aromatic rings. The van der Waals surface area contributed by atoms with Crippen LogP contribution in [0.4, 0.5) is 5.69 Å². The van der Waals surface area contributed by atoms with Gasteiger partial charge < -0.3 is 14.8 Å². The summed E-state index contributed by atoms with van der Waals surface area (Å²) < 4.78 is 5.48. The molecule has 0 unspecified atom stereocenters. The highest BCUT2D eigenvalue weighted by molar-refractivity contribution is 5.85. The number of fused-ring (bicyclic) bond motifs is 1. The molecule has 136 valence electrons. The van der Waals surface area contributed by atoms with E-state index in [2.05, 4.69) is 30.4 Å². The van der Waals surface area contributed by atoms with Crippen LogP contribution in [0.1, 0.15) is 42.0 Å². The van der Waals surface area contributed by atoms with Crippen molar-refractivity contribution >= 4 is 16.7 Å². The lowest BCUT2D eigenvalue weighted by Crippen LogP contribution is -2.06. The van der Waals surface area contributed by atoms with E-state index in [-0.39, 0.29) is 11.4 Å². The number of aryl methyl sites for hydroxylation is 3. The van der Waals surface area contributed by atoms with Gasteiger partial charge in [-0.25, -0.2) is 4.79 Å². The number of benzene rings is 2. The maximum Gasteiger partial charge on any atom is 0.336 e. The summed E-state index contributed by atoms with van der Waals surface area (Å²) in [5, 5.41) is 14.6. The first-order valence-electron chi connectivity index (χ1n) is 9.08. The molecule has 0 aliphatic rings. The van der Waals surface area contributed by atoms with E-state index >= 15 is 0 Å². The fourth-order valence-corrected chi connectivity index (χ4v) is 3.19. The summed E-state index contributed by atoms with van der Waals surface area (Å²) in [7, 11) is 0. The zero-order valence-electron chi connectivity index (χ0n) is 15.6. The molecule has 4 heteroatoms. The van der Waals surface area contributed by atoms with Crippen LogP contribution in [0.2, 0.25) is 0 Å². The molecule has 0 spiro atoms. The number of hydrogen-bond acceptors (Lipinski definition) is 4. The summed E-state index contributed by atoms with van der Waals surface area (Å²) >= 11 is 0. The Bertz CT molecular complexity index is 989. The molecule has 26 heavy (non-hydrogen) atoms. The van der Waals surface area contributed by atoms with Crippen LogP contribution in [0.3, 0.4) is 0 Å². The molecular formula is C22H25NO3. The molecule has 0 radical (unpaired) electrons. The standard InChI is InChI=1S/C22H25NO3/c1-4-5-6-16-12-21(25)26-22-17(16)9-10-20(24)18(22)13-23-19-11-14(2)7-8-15(19)3/h7-12,23-24H,4-6,13H2,1-3H3. The maximum absolute atomic E-state index is 12.0. The number of unbranched alkanes of at least 4 members (excludes halogenated alkanes) is 1. The molecule has 3 rings (SSSR count). The van der Waals surface area contributed by atoms with E-state index < -0.39 is 0 Å². The number of rotatable bonds is 6.